The summed E-state index contributed by atoms with van der Waals surface area (Å²) in [5.74, 6) is 0. The Morgan fingerprint density at radius 3 is 2.21 bits per heavy atom. The zero-order valence-electron chi connectivity index (χ0n) is 14.4. The normalized spacial score (nSPS) is 12.2. The highest BCUT2D eigenvalue weighted by atomic mass is 19.4. The minimum Gasteiger partial charge on any atom is -0.359 e. The predicted molar refractivity (Wildman–Crippen MR) is 103 cm³/mol. The third-order valence-electron chi connectivity index (χ3n) is 5.13. The van der Waals surface area contributed by atoms with Gasteiger partial charge in [-0.15, -0.1) is 0 Å². The summed E-state index contributed by atoms with van der Waals surface area (Å²) in [5.41, 5.74) is 4.15. The Morgan fingerprint density at radius 2 is 1.50 bits per heavy atom. The van der Waals surface area contributed by atoms with Gasteiger partial charge >= 0.3 is 6.18 Å². The lowest BCUT2D eigenvalue weighted by molar-refractivity contribution is -0.137. The van der Waals surface area contributed by atoms with E-state index in [1.165, 1.54) is 12.1 Å². The van der Waals surface area contributed by atoms with Crippen LogP contribution in [0, 0.1) is 0 Å². The molecule has 5 rings (SSSR count). The molecule has 2 heterocycles. The quantitative estimate of drug-likeness (QED) is 0.348. The van der Waals surface area contributed by atoms with E-state index in [-0.39, 0.29) is 0 Å². The van der Waals surface area contributed by atoms with Crippen LogP contribution >= 0.6 is 0 Å². The maximum absolute atomic E-state index is 12.8. The van der Waals surface area contributed by atoms with Gasteiger partial charge in [0.15, 0.2) is 6.29 Å². The van der Waals surface area contributed by atoms with Crippen molar-refractivity contribution < 1.29 is 18.0 Å². The van der Waals surface area contributed by atoms with E-state index in [1.807, 2.05) is 30.3 Å². The summed E-state index contributed by atoms with van der Waals surface area (Å²) in [5, 5.41) is 2.80. The first-order valence-corrected chi connectivity index (χ1v) is 8.64. The number of fused-ring (bicyclic) bond motifs is 5. The number of hydrogen-bond donors (Lipinski definition) is 2. The molecule has 2 aromatic heterocycles. The van der Waals surface area contributed by atoms with Gasteiger partial charge < -0.3 is 9.97 Å². The Balaban J connectivity index is 1.68. The van der Waals surface area contributed by atoms with Crippen molar-refractivity contribution in [3.8, 4) is 11.1 Å². The molecule has 0 aliphatic heterocycles. The Kier molecular flexibility index (Phi) is 3.40. The van der Waals surface area contributed by atoms with Crippen LogP contribution in [0.2, 0.25) is 0 Å². The number of nitrogens with one attached hydrogen (secondary N) is 2. The maximum Gasteiger partial charge on any atom is 0.416 e. The lowest BCUT2D eigenvalue weighted by atomic mass is 10.0. The van der Waals surface area contributed by atoms with Crippen molar-refractivity contribution in [2.75, 3.05) is 0 Å². The SMILES string of the molecule is O=Cc1c[nH]c2c1ccc1c3cc(-c4ccc(C(F)(F)F)cc4)ccc3[nH]c12. The highest BCUT2D eigenvalue weighted by molar-refractivity contribution is 6.18. The van der Waals surface area contributed by atoms with Crippen molar-refractivity contribution in [2.45, 2.75) is 6.18 Å². The van der Waals surface area contributed by atoms with Gasteiger partial charge in [0.2, 0.25) is 0 Å². The first kappa shape index (κ1) is 16.6. The molecule has 0 spiro atoms. The van der Waals surface area contributed by atoms with Crippen LogP contribution in [-0.4, -0.2) is 16.3 Å². The van der Waals surface area contributed by atoms with E-state index in [2.05, 4.69) is 9.97 Å². The average Bonchev–Trinajstić information content (AvgIpc) is 3.27. The molecule has 0 bridgehead atoms. The zero-order valence-corrected chi connectivity index (χ0v) is 14.4. The van der Waals surface area contributed by atoms with E-state index in [0.29, 0.717) is 11.1 Å². The van der Waals surface area contributed by atoms with Gasteiger partial charge in [0.25, 0.3) is 0 Å². The number of aldehydes is 1. The van der Waals surface area contributed by atoms with Gasteiger partial charge in [0.1, 0.15) is 0 Å². The molecule has 6 heteroatoms. The number of aromatic amines is 2. The van der Waals surface area contributed by atoms with Gasteiger partial charge in [-0.2, -0.15) is 13.2 Å². The summed E-state index contributed by atoms with van der Waals surface area (Å²) < 4.78 is 38.4. The van der Waals surface area contributed by atoms with E-state index in [1.54, 1.807) is 6.20 Å². The molecule has 5 aromatic rings. The summed E-state index contributed by atoms with van der Waals surface area (Å²) in [4.78, 5) is 17.7. The number of rotatable bonds is 2. The Labute approximate surface area is 156 Å². The van der Waals surface area contributed by atoms with E-state index in [0.717, 1.165) is 56.7 Å². The zero-order chi connectivity index (χ0) is 19.5. The Hall–Kier alpha value is -3.54. The molecular formula is C22H13F3N2O. The van der Waals surface area contributed by atoms with Crippen LogP contribution in [0.4, 0.5) is 13.2 Å². The van der Waals surface area contributed by atoms with Crippen LogP contribution in [0.15, 0.2) is 60.8 Å². The molecule has 0 amide bonds. The standard InChI is InChI=1S/C22H13F3N2O/c23-22(24,25)15-4-1-12(2-5-15)13-3-8-19-18(9-13)17-7-6-16-14(11-28)10-26-20(16)21(17)27-19/h1-11,26-27H. The lowest BCUT2D eigenvalue weighted by Gasteiger charge is -2.08. The predicted octanol–water partition coefficient (Wildman–Crippen LogP) is 6.30. The van der Waals surface area contributed by atoms with Crippen LogP contribution < -0.4 is 0 Å². The van der Waals surface area contributed by atoms with Crippen LogP contribution in [0.25, 0.3) is 43.8 Å². The Morgan fingerprint density at radius 1 is 0.786 bits per heavy atom. The van der Waals surface area contributed by atoms with Crippen LogP contribution in [0.3, 0.4) is 0 Å². The topological polar surface area (TPSA) is 48.6 Å². The monoisotopic (exact) mass is 378 g/mol. The van der Waals surface area contributed by atoms with E-state index >= 15 is 0 Å². The first-order chi connectivity index (χ1) is 13.5. The van der Waals surface area contributed by atoms with Gasteiger partial charge in [-0.25, -0.2) is 0 Å². The van der Waals surface area contributed by atoms with Gasteiger partial charge in [0, 0.05) is 33.4 Å². The third kappa shape index (κ3) is 2.41. The number of H-pyrrole nitrogens is 2. The molecule has 0 saturated carbocycles. The number of halogens is 3. The molecule has 3 nitrogen and oxygen atoms in total. The highest BCUT2D eigenvalue weighted by Gasteiger charge is 2.30. The van der Waals surface area contributed by atoms with Gasteiger partial charge in [-0.3, -0.25) is 4.79 Å². The van der Waals surface area contributed by atoms with Crippen LogP contribution in [-0.2, 0) is 6.18 Å². The van der Waals surface area contributed by atoms with E-state index in [9.17, 15) is 18.0 Å². The fraction of sp³-hybridized carbons (Fsp3) is 0.0455. The van der Waals surface area contributed by atoms with Crippen LogP contribution in [0.1, 0.15) is 15.9 Å². The molecule has 2 N–H and O–H groups in total. The number of benzene rings is 3. The van der Waals surface area contributed by atoms with E-state index < -0.39 is 11.7 Å². The van der Waals surface area contributed by atoms with Crippen molar-refractivity contribution in [3.05, 3.63) is 71.9 Å². The van der Waals surface area contributed by atoms with Crippen LogP contribution in [0.5, 0.6) is 0 Å². The number of hydrogen-bond acceptors (Lipinski definition) is 1. The second-order valence-electron chi connectivity index (χ2n) is 6.73. The first-order valence-electron chi connectivity index (χ1n) is 8.64. The molecule has 0 fully saturated rings. The molecule has 0 saturated heterocycles. The second kappa shape index (κ2) is 5.73. The second-order valence-corrected chi connectivity index (χ2v) is 6.73. The largest absolute Gasteiger partial charge is 0.416 e. The molecule has 0 radical (unpaired) electrons. The summed E-state index contributed by atoms with van der Waals surface area (Å²) in [6.07, 6.45) is -1.85. The number of carbonyl (C=O) groups excluding carboxylic acids is 1. The highest BCUT2D eigenvalue weighted by Crippen LogP contribution is 2.35. The molecule has 28 heavy (non-hydrogen) atoms. The molecule has 0 atom stereocenters. The van der Waals surface area contributed by atoms with E-state index in [4.69, 9.17) is 0 Å². The third-order valence-corrected chi connectivity index (χ3v) is 5.13. The minimum atomic E-state index is -4.35. The van der Waals surface area contributed by atoms with Crippen molar-refractivity contribution in [1.29, 1.82) is 0 Å². The fourth-order valence-electron chi connectivity index (χ4n) is 3.71. The molecule has 0 aliphatic rings. The van der Waals surface area contributed by atoms with Gasteiger partial charge in [0.05, 0.1) is 16.6 Å². The summed E-state index contributed by atoms with van der Waals surface area (Å²) >= 11 is 0. The molecule has 0 aliphatic carbocycles. The molecule has 138 valence electrons. The number of carbonyl (C=O) groups is 1. The lowest BCUT2D eigenvalue weighted by Crippen LogP contribution is -2.03. The van der Waals surface area contributed by atoms with Gasteiger partial charge in [-0.05, 0) is 35.4 Å². The van der Waals surface area contributed by atoms with Crippen molar-refractivity contribution in [1.82, 2.24) is 9.97 Å². The smallest absolute Gasteiger partial charge is 0.359 e. The average molecular weight is 378 g/mol. The molecule has 3 aromatic carbocycles. The van der Waals surface area contributed by atoms with Crippen molar-refractivity contribution >= 4 is 39.0 Å². The number of aromatic nitrogens is 2. The maximum atomic E-state index is 12.8. The van der Waals surface area contributed by atoms with Crippen molar-refractivity contribution in [3.63, 3.8) is 0 Å². The van der Waals surface area contributed by atoms with Crippen molar-refractivity contribution in [2.24, 2.45) is 0 Å². The Bertz CT molecular complexity index is 1360. The van der Waals surface area contributed by atoms with Gasteiger partial charge in [-0.1, -0.05) is 30.3 Å². The fourth-order valence-corrected chi connectivity index (χ4v) is 3.71. The molecular weight excluding hydrogens is 365 g/mol. The summed E-state index contributed by atoms with van der Waals surface area (Å²) in [7, 11) is 0. The number of alkyl halides is 3. The summed E-state index contributed by atoms with van der Waals surface area (Å²) in [6.45, 7) is 0. The minimum absolute atomic E-state index is 0.598. The summed E-state index contributed by atoms with van der Waals surface area (Å²) in [6, 6.07) is 14.8. The molecule has 0 unspecified atom stereocenters.